The van der Waals surface area contributed by atoms with Crippen LogP contribution >= 0.6 is 0 Å². The first-order valence-corrected chi connectivity index (χ1v) is 7.85. The molecule has 2 aliphatic heterocycles. The van der Waals surface area contributed by atoms with Crippen molar-refractivity contribution in [3.63, 3.8) is 0 Å². The highest BCUT2D eigenvalue weighted by Gasteiger charge is 2.27. The second-order valence-corrected chi connectivity index (χ2v) is 5.57. The van der Waals surface area contributed by atoms with Crippen LogP contribution in [0.2, 0.25) is 0 Å². The summed E-state index contributed by atoms with van der Waals surface area (Å²) in [5.41, 5.74) is 0. The molecule has 3 N–H and O–H groups in total. The zero-order chi connectivity index (χ0) is 16.7. The van der Waals surface area contributed by atoms with Gasteiger partial charge in [0, 0.05) is 32.8 Å². The SMILES string of the molecule is CN=C(NCCN1C(=O)CNC1=O)NC(C)COC1CCOC1. The van der Waals surface area contributed by atoms with Gasteiger partial charge in [0.05, 0.1) is 25.9 Å². The minimum atomic E-state index is -0.347. The Bertz CT molecular complexity index is 434. The van der Waals surface area contributed by atoms with Crippen molar-refractivity contribution in [3.05, 3.63) is 0 Å². The van der Waals surface area contributed by atoms with Gasteiger partial charge >= 0.3 is 6.03 Å². The van der Waals surface area contributed by atoms with E-state index in [2.05, 4.69) is 20.9 Å². The molecule has 2 atom stereocenters. The molecule has 9 nitrogen and oxygen atoms in total. The Labute approximate surface area is 135 Å². The van der Waals surface area contributed by atoms with Gasteiger partial charge in [-0.15, -0.1) is 0 Å². The molecule has 2 saturated heterocycles. The van der Waals surface area contributed by atoms with Gasteiger partial charge in [0.2, 0.25) is 5.91 Å². The van der Waals surface area contributed by atoms with E-state index in [1.54, 1.807) is 7.05 Å². The van der Waals surface area contributed by atoms with Gasteiger partial charge in [0.25, 0.3) is 0 Å². The Morgan fingerprint density at radius 2 is 2.39 bits per heavy atom. The molecule has 9 heteroatoms. The fourth-order valence-electron chi connectivity index (χ4n) is 2.36. The molecule has 0 aromatic rings. The van der Waals surface area contributed by atoms with Crippen LogP contribution < -0.4 is 16.0 Å². The van der Waals surface area contributed by atoms with E-state index < -0.39 is 0 Å². The van der Waals surface area contributed by atoms with E-state index in [9.17, 15) is 9.59 Å². The number of nitrogens with zero attached hydrogens (tertiary/aromatic N) is 2. The molecule has 3 amide bonds. The van der Waals surface area contributed by atoms with E-state index in [-0.39, 0.29) is 30.6 Å². The third kappa shape index (κ3) is 5.36. The maximum absolute atomic E-state index is 11.5. The normalized spacial score (nSPS) is 23.1. The molecule has 0 radical (unpaired) electrons. The number of urea groups is 1. The van der Waals surface area contributed by atoms with E-state index in [4.69, 9.17) is 9.47 Å². The summed E-state index contributed by atoms with van der Waals surface area (Å²) < 4.78 is 11.0. The molecule has 2 rings (SSSR count). The largest absolute Gasteiger partial charge is 0.379 e. The van der Waals surface area contributed by atoms with E-state index in [1.807, 2.05) is 6.92 Å². The Balaban J connectivity index is 1.64. The molecular weight excluding hydrogens is 302 g/mol. The summed E-state index contributed by atoms with van der Waals surface area (Å²) in [4.78, 5) is 28.2. The van der Waals surface area contributed by atoms with Gasteiger partial charge in [0.15, 0.2) is 5.96 Å². The monoisotopic (exact) mass is 327 g/mol. The highest BCUT2D eigenvalue weighted by atomic mass is 16.5. The summed E-state index contributed by atoms with van der Waals surface area (Å²) in [7, 11) is 1.67. The van der Waals surface area contributed by atoms with Crippen LogP contribution in [-0.4, -0.2) is 81.4 Å². The van der Waals surface area contributed by atoms with Crippen LogP contribution in [-0.2, 0) is 14.3 Å². The number of nitrogens with one attached hydrogen (secondary N) is 3. The first-order chi connectivity index (χ1) is 11.1. The topological polar surface area (TPSA) is 104 Å². The highest BCUT2D eigenvalue weighted by molar-refractivity contribution is 6.01. The average molecular weight is 327 g/mol. The molecule has 0 spiro atoms. The number of hydrogen-bond donors (Lipinski definition) is 3. The maximum atomic E-state index is 11.5. The van der Waals surface area contributed by atoms with Crippen molar-refractivity contribution in [1.82, 2.24) is 20.9 Å². The third-order valence-electron chi connectivity index (χ3n) is 3.64. The molecule has 2 unspecified atom stereocenters. The Kier molecular flexibility index (Phi) is 6.60. The van der Waals surface area contributed by atoms with Crippen molar-refractivity contribution in [1.29, 1.82) is 0 Å². The molecule has 0 saturated carbocycles. The van der Waals surface area contributed by atoms with Crippen LogP contribution in [0.1, 0.15) is 13.3 Å². The number of carbonyl (C=O) groups excluding carboxylic acids is 2. The molecule has 0 aromatic carbocycles. The molecule has 0 aliphatic carbocycles. The summed E-state index contributed by atoms with van der Waals surface area (Å²) in [6.45, 7) is 4.79. The van der Waals surface area contributed by atoms with Crippen LogP contribution in [0.15, 0.2) is 4.99 Å². The molecule has 2 aliphatic rings. The molecule has 0 aromatic heterocycles. The van der Waals surface area contributed by atoms with Gasteiger partial charge in [-0.2, -0.15) is 0 Å². The second kappa shape index (κ2) is 8.68. The minimum Gasteiger partial charge on any atom is -0.379 e. The van der Waals surface area contributed by atoms with Gasteiger partial charge in [-0.3, -0.25) is 14.7 Å². The van der Waals surface area contributed by atoms with E-state index >= 15 is 0 Å². The lowest BCUT2D eigenvalue weighted by Crippen LogP contribution is -2.47. The fraction of sp³-hybridized carbons (Fsp3) is 0.786. The van der Waals surface area contributed by atoms with Crippen molar-refractivity contribution in [2.45, 2.75) is 25.5 Å². The van der Waals surface area contributed by atoms with Crippen LogP contribution in [0.5, 0.6) is 0 Å². The fourth-order valence-corrected chi connectivity index (χ4v) is 2.36. The van der Waals surface area contributed by atoms with Crippen molar-refractivity contribution in [3.8, 4) is 0 Å². The number of imide groups is 1. The summed E-state index contributed by atoms with van der Waals surface area (Å²) >= 11 is 0. The molecule has 2 fully saturated rings. The van der Waals surface area contributed by atoms with Crippen LogP contribution in [0.3, 0.4) is 0 Å². The van der Waals surface area contributed by atoms with Gasteiger partial charge in [0.1, 0.15) is 0 Å². The van der Waals surface area contributed by atoms with E-state index in [0.717, 1.165) is 13.0 Å². The summed E-state index contributed by atoms with van der Waals surface area (Å²) in [6, 6.07) is -0.265. The number of carbonyl (C=O) groups is 2. The van der Waals surface area contributed by atoms with E-state index in [0.29, 0.717) is 32.3 Å². The van der Waals surface area contributed by atoms with Crippen LogP contribution in [0.4, 0.5) is 4.79 Å². The number of aliphatic imine (C=N–C) groups is 1. The van der Waals surface area contributed by atoms with Crippen LogP contribution in [0.25, 0.3) is 0 Å². The number of rotatable bonds is 7. The number of ether oxygens (including phenoxy) is 2. The first-order valence-electron chi connectivity index (χ1n) is 7.85. The number of hydrogen-bond acceptors (Lipinski definition) is 5. The lowest BCUT2D eigenvalue weighted by atomic mass is 10.3. The summed E-state index contributed by atoms with van der Waals surface area (Å²) in [6.07, 6.45) is 1.11. The Morgan fingerprint density at radius 3 is 3.00 bits per heavy atom. The van der Waals surface area contributed by atoms with Gasteiger partial charge in [-0.1, -0.05) is 0 Å². The minimum absolute atomic E-state index is 0.0745. The Hall–Kier alpha value is -1.87. The van der Waals surface area contributed by atoms with Gasteiger partial charge in [-0.25, -0.2) is 4.79 Å². The zero-order valence-electron chi connectivity index (χ0n) is 13.6. The standard InChI is InChI=1S/C14H25N5O4/c1-10(8-23-11-3-6-22-9-11)18-13(15-2)16-4-5-19-12(20)7-17-14(19)21/h10-11H,3-9H2,1-2H3,(H,17,21)(H2,15,16,18). The van der Waals surface area contributed by atoms with Crippen LogP contribution in [0, 0.1) is 0 Å². The molecule has 23 heavy (non-hydrogen) atoms. The van der Waals surface area contributed by atoms with Crippen molar-refractivity contribution >= 4 is 17.9 Å². The van der Waals surface area contributed by atoms with Gasteiger partial charge in [-0.05, 0) is 13.3 Å². The quantitative estimate of drug-likeness (QED) is 0.311. The molecule has 130 valence electrons. The number of guanidine groups is 1. The predicted molar refractivity (Wildman–Crippen MR) is 84.2 cm³/mol. The lowest BCUT2D eigenvalue weighted by molar-refractivity contribution is -0.124. The van der Waals surface area contributed by atoms with Crippen molar-refractivity contribution < 1.29 is 19.1 Å². The molecular formula is C14H25N5O4. The average Bonchev–Trinajstić information content (AvgIpc) is 3.16. The summed E-state index contributed by atoms with van der Waals surface area (Å²) in [5.74, 6) is 0.399. The Morgan fingerprint density at radius 1 is 1.57 bits per heavy atom. The summed E-state index contributed by atoms with van der Waals surface area (Å²) in [5, 5.41) is 8.77. The third-order valence-corrected chi connectivity index (χ3v) is 3.64. The molecule has 0 bridgehead atoms. The zero-order valence-corrected chi connectivity index (χ0v) is 13.6. The first kappa shape index (κ1) is 17.5. The molecule has 2 heterocycles. The van der Waals surface area contributed by atoms with E-state index in [1.165, 1.54) is 4.90 Å². The maximum Gasteiger partial charge on any atom is 0.324 e. The predicted octanol–water partition coefficient (Wildman–Crippen LogP) is -1.10. The number of amides is 3. The van der Waals surface area contributed by atoms with Crippen molar-refractivity contribution in [2.24, 2.45) is 4.99 Å². The smallest absolute Gasteiger partial charge is 0.324 e. The highest BCUT2D eigenvalue weighted by Crippen LogP contribution is 2.08. The second-order valence-electron chi connectivity index (χ2n) is 5.57. The van der Waals surface area contributed by atoms with Gasteiger partial charge < -0.3 is 25.4 Å². The lowest BCUT2D eigenvalue weighted by Gasteiger charge is -2.20. The van der Waals surface area contributed by atoms with Crippen molar-refractivity contribution in [2.75, 3.05) is 46.5 Å².